The summed E-state index contributed by atoms with van der Waals surface area (Å²) >= 11 is 0. The third-order valence-electron chi connectivity index (χ3n) is 4.05. The Morgan fingerprint density at radius 2 is 1.73 bits per heavy atom. The van der Waals surface area contributed by atoms with Crippen molar-refractivity contribution in [3.63, 3.8) is 0 Å². The number of para-hydroxylation sites is 1. The zero-order valence-electron chi connectivity index (χ0n) is 14.6. The van der Waals surface area contributed by atoms with E-state index in [9.17, 15) is 14.7 Å². The SMILES string of the molecule is COc1ccccc1C(NC(CC(N)=O)C(=O)O)(OC)c1ccccc1. The fourth-order valence-corrected chi connectivity index (χ4v) is 2.86. The Bertz CT molecular complexity index is 766. The van der Waals surface area contributed by atoms with Crippen molar-refractivity contribution in [1.82, 2.24) is 5.32 Å². The third-order valence-corrected chi connectivity index (χ3v) is 4.05. The molecule has 0 aromatic heterocycles. The van der Waals surface area contributed by atoms with Gasteiger partial charge in [-0.05, 0) is 6.07 Å². The lowest BCUT2D eigenvalue weighted by atomic mass is 9.91. The summed E-state index contributed by atoms with van der Waals surface area (Å²) in [6.07, 6.45) is -0.386. The van der Waals surface area contributed by atoms with Crippen molar-refractivity contribution < 1.29 is 24.2 Å². The summed E-state index contributed by atoms with van der Waals surface area (Å²) in [6.45, 7) is 0. The Morgan fingerprint density at radius 1 is 1.12 bits per heavy atom. The molecule has 0 aliphatic carbocycles. The van der Waals surface area contributed by atoms with E-state index in [1.54, 1.807) is 36.4 Å². The van der Waals surface area contributed by atoms with Gasteiger partial charge in [-0.2, -0.15) is 0 Å². The van der Waals surface area contributed by atoms with Crippen LogP contribution < -0.4 is 15.8 Å². The second-order valence-corrected chi connectivity index (χ2v) is 5.66. The molecule has 0 bridgehead atoms. The normalized spacial score (nSPS) is 14.2. The zero-order chi connectivity index (χ0) is 19.2. The van der Waals surface area contributed by atoms with Crippen molar-refractivity contribution >= 4 is 11.9 Å². The second-order valence-electron chi connectivity index (χ2n) is 5.66. The Morgan fingerprint density at radius 3 is 2.27 bits per heavy atom. The number of nitrogens with two attached hydrogens (primary N) is 1. The van der Waals surface area contributed by atoms with Crippen LogP contribution >= 0.6 is 0 Å². The number of carboxylic acid groups (broad SMARTS) is 1. The number of benzene rings is 2. The molecule has 2 unspecified atom stereocenters. The Hall–Kier alpha value is -2.90. The molecular formula is C19H22N2O5. The summed E-state index contributed by atoms with van der Waals surface area (Å²) < 4.78 is 11.2. The van der Waals surface area contributed by atoms with Gasteiger partial charge in [0, 0.05) is 18.2 Å². The highest BCUT2D eigenvalue weighted by atomic mass is 16.5. The van der Waals surface area contributed by atoms with Gasteiger partial charge in [-0.25, -0.2) is 0 Å². The number of carboxylic acids is 1. The molecule has 138 valence electrons. The smallest absolute Gasteiger partial charge is 0.321 e. The fourth-order valence-electron chi connectivity index (χ4n) is 2.86. The molecule has 0 aliphatic heterocycles. The van der Waals surface area contributed by atoms with E-state index in [0.717, 1.165) is 0 Å². The molecule has 2 atom stereocenters. The maximum Gasteiger partial charge on any atom is 0.321 e. The number of carbonyl (C=O) groups excluding carboxylic acids is 1. The highest BCUT2D eigenvalue weighted by molar-refractivity contribution is 5.83. The number of aliphatic carboxylic acids is 1. The summed E-state index contributed by atoms with van der Waals surface area (Å²) in [6, 6.07) is 14.9. The first kappa shape index (κ1) is 19.4. The maximum atomic E-state index is 11.7. The molecule has 7 nitrogen and oxygen atoms in total. The Labute approximate surface area is 151 Å². The van der Waals surface area contributed by atoms with Crippen LogP contribution in [0.4, 0.5) is 0 Å². The lowest BCUT2D eigenvalue weighted by molar-refractivity contribution is -0.144. The molecule has 0 radical (unpaired) electrons. The monoisotopic (exact) mass is 358 g/mol. The van der Waals surface area contributed by atoms with Gasteiger partial charge in [0.2, 0.25) is 5.91 Å². The summed E-state index contributed by atoms with van der Waals surface area (Å²) in [5.41, 5.74) is 5.09. The van der Waals surface area contributed by atoms with E-state index < -0.39 is 23.6 Å². The summed E-state index contributed by atoms with van der Waals surface area (Å²) in [7, 11) is 2.97. The molecule has 26 heavy (non-hydrogen) atoms. The molecular weight excluding hydrogens is 336 g/mol. The summed E-state index contributed by atoms with van der Waals surface area (Å²) in [5.74, 6) is -1.44. The fraction of sp³-hybridized carbons (Fsp3) is 0.263. The van der Waals surface area contributed by atoms with Gasteiger partial charge in [0.1, 0.15) is 11.8 Å². The molecule has 7 heteroatoms. The van der Waals surface area contributed by atoms with Gasteiger partial charge in [-0.3, -0.25) is 14.9 Å². The van der Waals surface area contributed by atoms with Crippen LogP contribution in [0, 0.1) is 0 Å². The number of hydrogen-bond acceptors (Lipinski definition) is 5. The van der Waals surface area contributed by atoms with E-state index in [1.807, 2.05) is 18.2 Å². The molecule has 1 amide bonds. The first-order valence-electron chi connectivity index (χ1n) is 7.97. The number of primary amides is 1. The van der Waals surface area contributed by atoms with Crippen molar-refractivity contribution in [3.8, 4) is 5.75 Å². The highest BCUT2D eigenvalue weighted by Crippen LogP contribution is 2.37. The van der Waals surface area contributed by atoms with Crippen LogP contribution in [-0.2, 0) is 20.1 Å². The van der Waals surface area contributed by atoms with E-state index in [1.165, 1.54) is 14.2 Å². The van der Waals surface area contributed by atoms with Crippen molar-refractivity contribution in [2.75, 3.05) is 14.2 Å². The Kier molecular flexibility index (Phi) is 6.32. The van der Waals surface area contributed by atoms with Crippen LogP contribution in [0.5, 0.6) is 5.75 Å². The van der Waals surface area contributed by atoms with Crippen LogP contribution in [0.15, 0.2) is 54.6 Å². The number of hydrogen-bond donors (Lipinski definition) is 3. The Balaban J connectivity index is 2.65. The number of rotatable bonds is 9. The minimum atomic E-state index is -1.35. The van der Waals surface area contributed by atoms with E-state index >= 15 is 0 Å². The third kappa shape index (κ3) is 4.01. The average Bonchev–Trinajstić information content (AvgIpc) is 2.65. The van der Waals surface area contributed by atoms with Gasteiger partial charge in [-0.1, -0.05) is 48.5 Å². The lowest BCUT2D eigenvalue weighted by Gasteiger charge is -2.37. The van der Waals surface area contributed by atoms with Crippen LogP contribution in [0.1, 0.15) is 17.5 Å². The van der Waals surface area contributed by atoms with E-state index in [-0.39, 0.29) is 6.42 Å². The van der Waals surface area contributed by atoms with Crippen LogP contribution in [0.2, 0.25) is 0 Å². The number of methoxy groups -OCH3 is 2. The van der Waals surface area contributed by atoms with Crippen LogP contribution in [0.3, 0.4) is 0 Å². The average molecular weight is 358 g/mol. The largest absolute Gasteiger partial charge is 0.496 e. The molecule has 0 saturated carbocycles. The number of ether oxygens (including phenoxy) is 2. The van der Waals surface area contributed by atoms with E-state index in [4.69, 9.17) is 15.2 Å². The summed E-state index contributed by atoms with van der Waals surface area (Å²) in [5, 5.41) is 12.5. The second kappa shape index (κ2) is 8.46. The number of nitrogens with one attached hydrogen (secondary N) is 1. The molecule has 0 spiro atoms. The van der Waals surface area contributed by atoms with Gasteiger partial charge in [-0.15, -0.1) is 0 Å². The molecule has 4 N–H and O–H groups in total. The van der Waals surface area contributed by atoms with Crippen molar-refractivity contribution in [3.05, 3.63) is 65.7 Å². The van der Waals surface area contributed by atoms with Crippen LogP contribution in [-0.4, -0.2) is 37.2 Å². The number of carbonyl (C=O) groups is 2. The quantitative estimate of drug-likeness (QED) is 0.585. The van der Waals surface area contributed by atoms with Gasteiger partial charge >= 0.3 is 5.97 Å². The highest BCUT2D eigenvalue weighted by Gasteiger charge is 2.40. The predicted octanol–water partition coefficient (Wildman–Crippen LogP) is 1.46. The summed E-state index contributed by atoms with van der Waals surface area (Å²) in [4.78, 5) is 23.0. The zero-order valence-corrected chi connectivity index (χ0v) is 14.6. The van der Waals surface area contributed by atoms with Gasteiger partial charge < -0.3 is 20.3 Å². The van der Waals surface area contributed by atoms with Gasteiger partial charge in [0.15, 0.2) is 5.72 Å². The molecule has 2 rings (SSSR count). The van der Waals surface area contributed by atoms with E-state index in [2.05, 4.69) is 5.32 Å². The van der Waals surface area contributed by atoms with Crippen molar-refractivity contribution in [2.24, 2.45) is 5.73 Å². The molecule has 0 aliphatic rings. The van der Waals surface area contributed by atoms with Gasteiger partial charge in [0.25, 0.3) is 0 Å². The molecule has 0 saturated heterocycles. The van der Waals surface area contributed by atoms with E-state index in [0.29, 0.717) is 16.9 Å². The molecule has 2 aromatic carbocycles. The predicted molar refractivity (Wildman–Crippen MR) is 95.6 cm³/mol. The molecule has 0 heterocycles. The minimum Gasteiger partial charge on any atom is -0.496 e. The standard InChI is InChI=1S/C19H22N2O5/c1-25-16-11-7-6-10-14(16)19(26-2,13-8-4-3-5-9-13)21-15(18(23)24)12-17(20)22/h3-11,15,21H,12H2,1-2H3,(H2,20,22)(H,23,24). The lowest BCUT2D eigenvalue weighted by Crippen LogP contribution is -2.54. The first-order chi connectivity index (χ1) is 12.4. The van der Waals surface area contributed by atoms with Crippen molar-refractivity contribution in [1.29, 1.82) is 0 Å². The topological polar surface area (TPSA) is 111 Å². The molecule has 2 aromatic rings. The van der Waals surface area contributed by atoms with Gasteiger partial charge in [0.05, 0.1) is 13.5 Å². The van der Waals surface area contributed by atoms with Crippen LogP contribution in [0.25, 0.3) is 0 Å². The van der Waals surface area contributed by atoms with Crippen molar-refractivity contribution in [2.45, 2.75) is 18.2 Å². The number of amides is 1. The minimum absolute atomic E-state index is 0.386. The maximum absolute atomic E-state index is 11.7. The molecule has 0 fully saturated rings. The first-order valence-corrected chi connectivity index (χ1v) is 7.97.